The van der Waals surface area contributed by atoms with Crippen molar-refractivity contribution in [2.24, 2.45) is 0 Å². The zero-order valence-electron chi connectivity index (χ0n) is 13.4. The van der Waals surface area contributed by atoms with Gasteiger partial charge in [0.25, 0.3) is 0 Å². The van der Waals surface area contributed by atoms with Crippen molar-refractivity contribution in [2.45, 2.75) is 38.8 Å². The van der Waals surface area contributed by atoms with Crippen molar-refractivity contribution in [3.8, 4) is 6.07 Å². The predicted octanol–water partition coefficient (Wildman–Crippen LogP) is 3.30. The molecule has 0 spiro atoms. The smallest absolute Gasteiger partial charge is 0.167 e. The van der Waals surface area contributed by atoms with Crippen LogP contribution in [0.4, 0.5) is 5.82 Å². The number of hydrogen-bond donors (Lipinski definition) is 1. The Morgan fingerprint density at radius 1 is 1.22 bits per heavy atom. The lowest BCUT2D eigenvalue weighted by Gasteiger charge is -2.31. The number of benzene rings is 1. The molecule has 23 heavy (non-hydrogen) atoms. The van der Waals surface area contributed by atoms with E-state index in [1.807, 2.05) is 32.0 Å². The molecule has 2 atom stereocenters. The Bertz CT molecular complexity index is 724. The minimum absolute atomic E-state index is 0.0764. The minimum atomic E-state index is 0.0764. The summed E-state index contributed by atoms with van der Waals surface area (Å²) in [5.74, 6) is 0.578. The molecule has 118 valence electrons. The highest BCUT2D eigenvalue weighted by atomic mass is 16.5. The fraction of sp³-hybridized carbons (Fsp3) is 0.389. The number of nitrogens with one attached hydrogen (secondary N) is 1. The molecule has 1 fully saturated rings. The molecule has 1 aliphatic rings. The second kappa shape index (κ2) is 6.76. The van der Waals surface area contributed by atoms with Gasteiger partial charge in [0.05, 0.1) is 11.8 Å². The van der Waals surface area contributed by atoms with Gasteiger partial charge in [-0.15, -0.1) is 5.10 Å². The number of nitriles is 1. The molecule has 2 aromatic rings. The van der Waals surface area contributed by atoms with Gasteiger partial charge in [-0.25, -0.2) is 0 Å². The van der Waals surface area contributed by atoms with Gasteiger partial charge in [0, 0.05) is 12.6 Å². The molecule has 0 saturated carbocycles. The highest BCUT2D eigenvalue weighted by Crippen LogP contribution is 2.30. The maximum Gasteiger partial charge on any atom is 0.167 e. The lowest BCUT2D eigenvalue weighted by Crippen LogP contribution is -2.31. The van der Waals surface area contributed by atoms with E-state index in [4.69, 9.17) is 4.74 Å². The molecule has 1 aromatic carbocycles. The summed E-state index contributed by atoms with van der Waals surface area (Å²) in [4.78, 5) is 0. The van der Waals surface area contributed by atoms with E-state index >= 15 is 0 Å². The fourth-order valence-corrected chi connectivity index (χ4v) is 2.87. The van der Waals surface area contributed by atoms with Gasteiger partial charge in [-0.2, -0.15) is 10.4 Å². The number of hydrogen-bond acceptors (Lipinski definition) is 5. The molecule has 2 unspecified atom stereocenters. The third-order valence-electron chi connectivity index (χ3n) is 4.36. The van der Waals surface area contributed by atoms with Gasteiger partial charge >= 0.3 is 0 Å². The van der Waals surface area contributed by atoms with Crippen molar-refractivity contribution in [3.63, 3.8) is 0 Å². The lowest BCUT2D eigenvalue weighted by molar-refractivity contribution is 0.00973. The number of nitrogens with zero attached hydrogens (tertiary/aromatic N) is 3. The average Bonchev–Trinajstić information content (AvgIpc) is 2.60. The van der Waals surface area contributed by atoms with Crippen LogP contribution < -0.4 is 5.32 Å². The Morgan fingerprint density at radius 3 is 2.74 bits per heavy atom. The van der Waals surface area contributed by atoms with E-state index in [9.17, 15) is 5.26 Å². The lowest BCUT2D eigenvalue weighted by atomic mass is 9.97. The van der Waals surface area contributed by atoms with Crippen LogP contribution in [0, 0.1) is 25.2 Å². The van der Waals surface area contributed by atoms with Crippen molar-refractivity contribution in [1.29, 1.82) is 5.26 Å². The molecule has 5 heteroatoms. The Balaban J connectivity index is 1.76. The number of aryl methyl sites for hydroxylation is 1. The van der Waals surface area contributed by atoms with Crippen molar-refractivity contribution in [1.82, 2.24) is 10.2 Å². The number of anilines is 1. The van der Waals surface area contributed by atoms with Crippen LogP contribution in [-0.2, 0) is 4.74 Å². The van der Waals surface area contributed by atoms with E-state index < -0.39 is 0 Å². The highest BCUT2D eigenvalue weighted by Gasteiger charge is 2.25. The Morgan fingerprint density at radius 2 is 2.00 bits per heavy atom. The van der Waals surface area contributed by atoms with E-state index in [-0.39, 0.29) is 12.1 Å². The largest absolute Gasteiger partial charge is 0.373 e. The van der Waals surface area contributed by atoms with Crippen molar-refractivity contribution >= 4 is 5.82 Å². The second-order valence-corrected chi connectivity index (χ2v) is 5.88. The van der Waals surface area contributed by atoms with Gasteiger partial charge in [0.2, 0.25) is 0 Å². The van der Waals surface area contributed by atoms with Gasteiger partial charge in [0.15, 0.2) is 5.82 Å². The molecule has 3 rings (SSSR count). The number of ether oxygens (including phenoxy) is 1. The molecule has 0 bridgehead atoms. The summed E-state index contributed by atoms with van der Waals surface area (Å²) in [7, 11) is 0. The van der Waals surface area contributed by atoms with Crippen molar-refractivity contribution in [3.05, 3.63) is 52.7 Å². The van der Waals surface area contributed by atoms with Crippen LogP contribution in [0.3, 0.4) is 0 Å². The van der Waals surface area contributed by atoms with E-state index in [2.05, 4.69) is 33.7 Å². The quantitative estimate of drug-likeness (QED) is 0.942. The Kier molecular flexibility index (Phi) is 4.54. The topological polar surface area (TPSA) is 70.8 Å². The molecule has 2 heterocycles. The summed E-state index contributed by atoms with van der Waals surface area (Å²) in [6, 6.07) is 12.7. The minimum Gasteiger partial charge on any atom is -0.373 e. The first-order valence-corrected chi connectivity index (χ1v) is 7.86. The van der Waals surface area contributed by atoms with E-state index in [1.165, 1.54) is 5.56 Å². The molecule has 1 N–H and O–H groups in total. The summed E-state index contributed by atoms with van der Waals surface area (Å²) < 4.78 is 5.89. The van der Waals surface area contributed by atoms with Gasteiger partial charge in [-0.05, 0) is 37.8 Å². The summed E-state index contributed by atoms with van der Waals surface area (Å²) in [5.41, 5.74) is 3.45. The number of aromatic nitrogens is 2. The molecule has 1 aliphatic heterocycles. The molecule has 5 nitrogen and oxygen atoms in total. The van der Waals surface area contributed by atoms with Crippen LogP contribution in [-0.4, -0.2) is 22.8 Å². The van der Waals surface area contributed by atoms with Crippen LogP contribution >= 0.6 is 0 Å². The summed E-state index contributed by atoms with van der Waals surface area (Å²) >= 11 is 0. The van der Waals surface area contributed by atoms with Crippen molar-refractivity contribution in [2.75, 3.05) is 11.9 Å². The first-order valence-electron chi connectivity index (χ1n) is 7.86. The molecular weight excluding hydrogens is 288 g/mol. The van der Waals surface area contributed by atoms with Gasteiger partial charge < -0.3 is 10.1 Å². The molecule has 1 aromatic heterocycles. The maximum atomic E-state index is 9.40. The van der Waals surface area contributed by atoms with E-state index in [0.29, 0.717) is 18.0 Å². The Labute approximate surface area is 136 Å². The van der Waals surface area contributed by atoms with Gasteiger partial charge in [-0.1, -0.05) is 30.3 Å². The monoisotopic (exact) mass is 308 g/mol. The SMILES string of the molecule is Cc1nnc(NC2CCOC(c3ccccc3)C2)c(C#N)c1C. The zero-order valence-corrected chi connectivity index (χ0v) is 13.4. The molecule has 0 radical (unpaired) electrons. The maximum absolute atomic E-state index is 9.40. The summed E-state index contributed by atoms with van der Waals surface area (Å²) in [5, 5.41) is 21.1. The van der Waals surface area contributed by atoms with Gasteiger partial charge in [-0.3, -0.25) is 0 Å². The second-order valence-electron chi connectivity index (χ2n) is 5.88. The van der Waals surface area contributed by atoms with Crippen LogP contribution in [0.15, 0.2) is 30.3 Å². The number of rotatable bonds is 3. The third-order valence-corrected chi connectivity index (χ3v) is 4.36. The predicted molar refractivity (Wildman–Crippen MR) is 88.0 cm³/mol. The molecule has 0 aliphatic carbocycles. The molecule has 0 amide bonds. The first kappa shape index (κ1) is 15.4. The van der Waals surface area contributed by atoms with Crippen LogP contribution in [0.2, 0.25) is 0 Å². The third kappa shape index (κ3) is 3.33. The summed E-state index contributed by atoms with van der Waals surface area (Å²) in [6.45, 7) is 4.47. The van der Waals surface area contributed by atoms with Crippen molar-refractivity contribution < 1.29 is 4.74 Å². The van der Waals surface area contributed by atoms with Gasteiger partial charge in [0.1, 0.15) is 11.6 Å². The van der Waals surface area contributed by atoms with Crippen LogP contribution in [0.1, 0.15) is 41.3 Å². The average molecular weight is 308 g/mol. The Hall–Kier alpha value is -2.45. The van der Waals surface area contributed by atoms with Crippen LogP contribution in [0.5, 0.6) is 0 Å². The highest BCUT2D eigenvalue weighted by molar-refractivity contribution is 5.56. The first-order chi connectivity index (χ1) is 11.2. The molecule has 1 saturated heterocycles. The van der Waals surface area contributed by atoms with E-state index in [0.717, 1.165) is 24.1 Å². The van der Waals surface area contributed by atoms with Crippen LogP contribution in [0.25, 0.3) is 0 Å². The fourth-order valence-electron chi connectivity index (χ4n) is 2.87. The summed E-state index contributed by atoms with van der Waals surface area (Å²) in [6.07, 6.45) is 1.82. The van der Waals surface area contributed by atoms with E-state index in [1.54, 1.807) is 0 Å². The molecular formula is C18H20N4O. The normalized spacial score (nSPS) is 20.7. The standard InChI is InChI=1S/C18H20N4O/c1-12-13(2)21-22-18(16(12)11-19)20-15-8-9-23-17(10-15)14-6-4-3-5-7-14/h3-7,15,17H,8-10H2,1-2H3,(H,20,22). The zero-order chi connectivity index (χ0) is 16.2.